The van der Waals surface area contributed by atoms with Gasteiger partial charge in [0.05, 0.1) is 0 Å². The van der Waals surface area contributed by atoms with E-state index in [9.17, 15) is 0 Å². The summed E-state index contributed by atoms with van der Waals surface area (Å²) >= 11 is 0. The normalized spacial score (nSPS) is 11.7. The first-order valence-electron chi connectivity index (χ1n) is 5.57. The second kappa shape index (κ2) is 10.7. The number of unbranched alkanes of at least 4 members (excludes halogenated alkanes) is 5. The summed E-state index contributed by atoms with van der Waals surface area (Å²) in [5.41, 5.74) is 0. The van der Waals surface area contributed by atoms with Crippen LogP contribution in [0.5, 0.6) is 0 Å². The van der Waals surface area contributed by atoms with Gasteiger partial charge in [0.1, 0.15) is 0 Å². The first kappa shape index (κ1) is 13.7. The predicted octanol–water partition coefficient (Wildman–Crippen LogP) is 3.52. The molecule has 0 heterocycles. The second-order valence-corrected chi connectivity index (χ2v) is 3.47. The van der Waals surface area contributed by atoms with Crippen molar-refractivity contribution in [2.24, 2.45) is 0 Å². The van der Waals surface area contributed by atoms with Crippen molar-refractivity contribution in [3.8, 4) is 0 Å². The molecule has 0 aliphatic carbocycles. The molecule has 0 fully saturated rings. The lowest BCUT2D eigenvalue weighted by Crippen LogP contribution is -2.08. The summed E-state index contributed by atoms with van der Waals surface area (Å²) in [4.78, 5) is 0. The Morgan fingerprint density at radius 1 is 1.00 bits per heavy atom. The highest BCUT2D eigenvalue weighted by atomic mass is 16.7. The van der Waals surface area contributed by atoms with Gasteiger partial charge in [0.15, 0.2) is 6.29 Å². The van der Waals surface area contributed by atoms with Gasteiger partial charge in [0.25, 0.3) is 0 Å². The maximum Gasteiger partial charge on any atom is 0.176 e. The first-order valence-corrected chi connectivity index (χ1v) is 5.57. The van der Waals surface area contributed by atoms with E-state index in [1.807, 2.05) is 6.08 Å². The molecule has 0 spiro atoms. The Kier molecular flexibility index (Phi) is 10.5. The topological polar surface area (TPSA) is 18.5 Å². The van der Waals surface area contributed by atoms with E-state index in [4.69, 9.17) is 9.47 Å². The van der Waals surface area contributed by atoms with E-state index >= 15 is 0 Å². The number of methoxy groups -OCH3 is 2. The third-order valence-electron chi connectivity index (χ3n) is 2.23. The van der Waals surface area contributed by atoms with Gasteiger partial charge in [0.2, 0.25) is 0 Å². The summed E-state index contributed by atoms with van der Waals surface area (Å²) in [5, 5.41) is 0. The minimum atomic E-state index is -0.175. The zero-order valence-corrected chi connectivity index (χ0v) is 9.79. The fraction of sp³-hybridized carbons (Fsp3) is 0.833. The van der Waals surface area contributed by atoms with Gasteiger partial charge < -0.3 is 9.47 Å². The Labute approximate surface area is 88.3 Å². The smallest absolute Gasteiger partial charge is 0.176 e. The monoisotopic (exact) mass is 200 g/mol. The molecular weight excluding hydrogens is 176 g/mol. The van der Waals surface area contributed by atoms with Crippen molar-refractivity contribution in [3.05, 3.63) is 12.2 Å². The molecule has 0 radical (unpaired) electrons. The molecule has 0 N–H and O–H groups in total. The molecule has 0 rings (SSSR count). The SMILES string of the molecule is CCCCCCC/C=C/C(OC)OC. The number of hydrogen-bond donors (Lipinski definition) is 0. The second-order valence-electron chi connectivity index (χ2n) is 3.47. The average Bonchev–Trinajstić information content (AvgIpc) is 2.22. The van der Waals surface area contributed by atoms with Crippen LogP contribution in [0, 0.1) is 0 Å². The molecule has 0 aromatic heterocycles. The van der Waals surface area contributed by atoms with Crippen molar-refractivity contribution in [1.29, 1.82) is 0 Å². The van der Waals surface area contributed by atoms with Crippen LogP contribution in [0.4, 0.5) is 0 Å². The third kappa shape index (κ3) is 8.27. The van der Waals surface area contributed by atoms with Gasteiger partial charge >= 0.3 is 0 Å². The highest BCUT2D eigenvalue weighted by Crippen LogP contribution is 2.06. The van der Waals surface area contributed by atoms with E-state index in [1.54, 1.807) is 14.2 Å². The van der Waals surface area contributed by atoms with Crippen LogP contribution in [0.1, 0.15) is 45.4 Å². The Morgan fingerprint density at radius 2 is 1.64 bits per heavy atom. The Balaban J connectivity index is 3.25. The zero-order valence-electron chi connectivity index (χ0n) is 9.79. The van der Waals surface area contributed by atoms with Gasteiger partial charge in [-0.15, -0.1) is 0 Å². The zero-order chi connectivity index (χ0) is 10.6. The molecule has 0 saturated heterocycles. The van der Waals surface area contributed by atoms with Crippen molar-refractivity contribution in [3.63, 3.8) is 0 Å². The van der Waals surface area contributed by atoms with Crippen LogP contribution >= 0.6 is 0 Å². The minimum absolute atomic E-state index is 0.175. The number of ether oxygens (including phenoxy) is 2. The summed E-state index contributed by atoms with van der Waals surface area (Å²) in [6.45, 7) is 2.24. The quantitative estimate of drug-likeness (QED) is 0.322. The Bertz CT molecular complexity index is 128. The van der Waals surface area contributed by atoms with Gasteiger partial charge in [-0.3, -0.25) is 0 Å². The highest BCUT2D eigenvalue weighted by molar-refractivity contribution is 4.84. The van der Waals surface area contributed by atoms with Crippen LogP contribution in [-0.4, -0.2) is 20.5 Å². The number of rotatable bonds is 9. The van der Waals surface area contributed by atoms with Gasteiger partial charge in [-0.1, -0.05) is 38.7 Å². The van der Waals surface area contributed by atoms with Crippen molar-refractivity contribution >= 4 is 0 Å². The minimum Gasteiger partial charge on any atom is -0.352 e. The lowest BCUT2D eigenvalue weighted by molar-refractivity contribution is -0.0667. The number of hydrogen-bond acceptors (Lipinski definition) is 2. The van der Waals surface area contributed by atoms with Crippen LogP contribution in [0.2, 0.25) is 0 Å². The van der Waals surface area contributed by atoms with Crippen molar-refractivity contribution in [2.75, 3.05) is 14.2 Å². The molecule has 2 heteroatoms. The Morgan fingerprint density at radius 3 is 2.21 bits per heavy atom. The van der Waals surface area contributed by atoms with Crippen LogP contribution in [0.25, 0.3) is 0 Å². The molecule has 0 aliphatic heterocycles. The van der Waals surface area contributed by atoms with E-state index in [2.05, 4.69) is 13.0 Å². The summed E-state index contributed by atoms with van der Waals surface area (Å²) in [5.74, 6) is 0. The molecule has 0 aliphatic rings. The fourth-order valence-corrected chi connectivity index (χ4v) is 1.33. The molecular formula is C12H24O2. The molecule has 2 nitrogen and oxygen atoms in total. The highest BCUT2D eigenvalue weighted by Gasteiger charge is 1.96. The molecule has 0 atom stereocenters. The maximum atomic E-state index is 5.04. The summed E-state index contributed by atoms with van der Waals surface area (Å²) in [6, 6.07) is 0. The van der Waals surface area contributed by atoms with Crippen molar-refractivity contribution in [1.82, 2.24) is 0 Å². The summed E-state index contributed by atoms with van der Waals surface area (Å²) < 4.78 is 10.1. The molecule has 0 aromatic carbocycles. The molecule has 0 amide bonds. The molecule has 84 valence electrons. The van der Waals surface area contributed by atoms with Gasteiger partial charge in [-0.25, -0.2) is 0 Å². The van der Waals surface area contributed by atoms with Crippen LogP contribution in [0.15, 0.2) is 12.2 Å². The van der Waals surface area contributed by atoms with Crippen molar-refractivity contribution in [2.45, 2.75) is 51.7 Å². The average molecular weight is 200 g/mol. The predicted molar refractivity (Wildman–Crippen MR) is 60.3 cm³/mol. The summed E-state index contributed by atoms with van der Waals surface area (Å²) in [6.07, 6.45) is 11.7. The lowest BCUT2D eigenvalue weighted by atomic mass is 10.1. The number of allylic oxidation sites excluding steroid dienone is 1. The van der Waals surface area contributed by atoms with E-state index < -0.39 is 0 Å². The molecule has 14 heavy (non-hydrogen) atoms. The molecule has 0 bridgehead atoms. The summed E-state index contributed by atoms with van der Waals surface area (Å²) in [7, 11) is 3.31. The maximum absolute atomic E-state index is 5.04. The molecule has 0 unspecified atom stereocenters. The van der Waals surface area contributed by atoms with E-state index in [1.165, 1.54) is 32.1 Å². The third-order valence-corrected chi connectivity index (χ3v) is 2.23. The Hall–Kier alpha value is -0.340. The fourth-order valence-electron chi connectivity index (χ4n) is 1.33. The first-order chi connectivity index (χ1) is 6.85. The standard InChI is InChI=1S/C12H24O2/c1-4-5-6-7-8-9-10-11-12(13-2)14-3/h10-12H,4-9H2,1-3H3/b11-10+. The van der Waals surface area contributed by atoms with Gasteiger partial charge in [-0.05, 0) is 18.9 Å². The van der Waals surface area contributed by atoms with E-state index in [-0.39, 0.29) is 6.29 Å². The molecule has 0 aromatic rings. The van der Waals surface area contributed by atoms with Crippen molar-refractivity contribution < 1.29 is 9.47 Å². The van der Waals surface area contributed by atoms with Gasteiger partial charge in [-0.2, -0.15) is 0 Å². The van der Waals surface area contributed by atoms with E-state index in [0.717, 1.165) is 6.42 Å². The van der Waals surface area contributed by atoms with Crippen LogP contribution in [0.3, 0.4) is 0 Å². The largest absolute Gasteiger partial charge is 0.352 e. The van der Waals surface area contributed by atoms with Crippen LogP contribution in [-0.2, 0) is 9.47 Å². The molecule has 0 saturated carbocycles. The lowest BCUT2D eigenvalue weighted by Gasteiger charge is -2.06. The van der Waals surface area contributed by atoms with Gasteiger partial charge in [0, 0.05) is 14.2 Å². The van der Waals surface area contributed by atoms with E-state index in [0.29, 0.717) is 0 Å². The van der Waals surface area contributed by atoms with Crippen LogP contribution < -0.4 is 0 Å².